The van der Waals surface area contributed by atoms with E-state index in [2.05, 4.69) is 9.97 Å². The van der Waals surface area contributed by atoms with Crippen LogP contribution in [0.15, 0.2) is 35.3 Å². The summed E-state index contributed by atoms with van der Waals surface area (Å²) in [5.41, 5.74) is 2.17. The van der Waals surface area contributed by atoms with Gasteiger partial charge in [-0.3, -0.25) is 14.3 Å². The van der Waals surface area contributed by atoms with Gasteiger partial charge in [0.1, 0.15) is 6.54 Å². The van der Waals surface area contributed by atoms with Crippen molar-refractivity contribution in [1.82, 2.24) is 19.4 Å². The fraction of sp³-hybridized carbons (Fsp3) is 0.500. The van der Waals surface area contributed by atoms with Gasteiger partial charge in [-0.05, 0) is 64.2 Å². The fourth-order valence-electron chi connectivity index (χ4n) is 3.68. The molecule has 0 unspecified atom stereocenters. The number of carbonyl (C=O) groups is 1. The summed E-state index contributed by atoms with van der Waals surface area (Å²) >= 11 is 0. The van der Waals surface area contributed by atoms with Gasteiger partial charge in [0.15, 0.2) is 0 Å². The maximum absolute atomic E-state index is 12.9. The summed E-state index contributed by atoms with van der Waals surface area (Å²) in [4.78, 5) is 35.3. The number of hydrogen-bond acceptors (Lipinski definition) is 4. The lowest BCUT2D eigenvalue weighted by Crippen LogP contribution is -2.46. The third-order valence-electron chi connectivity index (χ3n) is 5.05. The number of likely N-dealkylation sites (tertiary alicyclic amines) is 1. The molecule has 3 rings (SSSR count). The number of nitrogens with zero attached hydrogens (tertiary/aromatic N) is 4. The van der Waals surface area contributed by atoms with Gasteiger partial charge in [0, 0.05) is 35.9 Å². The highest BCUT2D eigenvalue weighted by atomic mass is 16.2. The van der Waals surface area contributed by atoms with E-state index >= 15 is 0 Å². The molecule has 2 aromatic heterocycles. The lowest BCUT2D eigenvalue weighted by molar-refractivity contribution is -0.135. The molecule has 1 aliphatic rings. The lowest BCUT2D eigenvalue weighted by Gasteiger charge is -2.36. The zero-order valence-corrected chi connectivity index (χ0v) is 15.5. The molecule has 26 heavy (non-hydrogen) atoms. The summed E-state index contributed by atoms with van der Waals surface area (Å²) in [5, 5.41) is 0. The van der Waals surface area contributed by atoms with E-state index in [0.717, 1.165) is 50.0 Å². The van der Waals surface area contributed by atoms with Crippen LogP contribution in [-0.2, 0) is 17.8 Å². The Morgan fingerprint density at radius 2 is 2.12 bits per heavy atom. The standard InChI is InChI=1S/C20H26N4O2/c1-15-13-16(2)24(20(26)22-15)14-19(25)23-12-6-4-8-18(23)10-9-17-7-3-5-11-21-17/h3,5,7,11,13,18H,4,6,8-10,12,14H2,1-2H3/t18-/m0/s1. The Bertz CT molecular complexity index is 816. The van der Waals surface area contributed by atoms with E-state index < -0.39 is 0 Å². The molecule has 0 spiro atoms. The highest BCUT2D eigenvalue weighted by molar-refractivity contribution is 5.76. The van der Waals surface area contributed by atoms with E-state index in [4.69, 9.17) is 0 Å². The number of pyridine rings is 1. The van der Waals surface area contributed by atoms with Gasteiger partial charge in [-0.2, -0.15) is 4.98 Å². The first-order valence-electron chi connectivity index (χ1n) is 9.29. The third kappa shape index (κ3) is 4.36. The molecular weight excluding hydrogens is 328 g/mol. The maximum atomic E-state index is 12.9. The second kappa shape index (κ2) is 8.25. The molecule has 0 radical (unpaired) electrons. The summed E-state index contributed by atoms with van der Waals surface area (Å²) in [6.45, 7) is 4.47. The Balaban J connectivity index is 1.69. The molecule has 0 saturated carbocycles. The molecular formula is C20H26N4O2. The first kappa shape index (κ1) is 18.3. The summed E-state index contributed by atoms with van der Waals surface area (Å²) in [6.07, 6.45) is 6.74. The van der Waals surface area contributed by atoms with Crippen molar-refractivity contribution in [3.63, 3.8) is 0 Å². The van der Waals surface area contributed by atoms with Crippen molar-refractivity contribution < 1.29 is 4.79 Å². The van der Waals surface area contributed by atoms with Crippen molar-refractivity contribution in [1.29, 1.82) is 0 Å². The van der Waals surface area contributed by atoms with Gasteiger partial charge in [0.25, 0.3) is 0 Å². The molecule has 0 aliphatic carbocycles. The first-order valence-corrected chi connectivity index (χ1v) is 9.29. The molecule has 1 saturated heterocycles. The predicted molar refractivity (Wildman–Crippen MR) is 99.9 cm³/mol. The molecule has 6 heteroatoms. The average Bonchev–Trinajstić information content (AvgIpc) is 2.64. The van der Waals surface area contributed by atoms with Crippen LogP contribution in [0.2, 0.25) is 0 Å². The maximum Gasteiger partial charge on any atom is 0.348 e. The van der Waals surface area contributed by atoms with Crippen molar-refractivity contribution in [2.75, 3.05) is 6.54 Å². The largest absolute Gasteiger partial charge is 0.348 e. The van der Waals surface area contributed by atoms with E-state index in [9.17, 15) is 9.59 Å². The number of aryl methyl sites for hydroxylation is 3. The molecule has 1 atom stereocenters. The number of carbonyl (C=O) groups excluding carboxylic acids is 1. The van der Waals surface area contributed by atoms with E-state index in [1.165, 1.54) is 4.57 Å². The minimum Gasteiger partial charge on any atom is -0.338 e. The van der Waals surface area contributed by atoms with Crippen LogP contribution >= 0.6 is 0 Å². The van der Waals surface area contributed by atoms with Gasteiger partial charge in [-0.1, -0.05) is 6.07 Å². The molecule has 1 fully saturated rings. The third-order valence-corrected chi connectivity index (χ3v) is 5.05. The predicted octanol–water partition coefficient (Wildman–Crippen LogP) is 2.27. The van der Waals surface area contributed by atoms with E-state index in [1.54, 1.807) is 13.1 Å². The summed E-state index contributed by atoms with van der Waals surface area (Å²) < 4.78 is 1.47. The second-order valence-corrected chi connectivity index (χ2v) is 7.00. The summed E-state index contributed by atoms with van der Waals surface area (Å²) in [6, 6.07) is 7.98. The molecule has 138 valence electrons. The minimum atomic E-state index is -0.349. The van der Waals surface area contributed by atoms with Crippen molar-refractivity contribution in [3.05, 3.63) is 58.0 Å². The Morgan fingerprint density at radius 3 is 2.85 bits per heavy atom. The minimum absolute atomic E-state index is 0.00609. The van der Waals surface area contributed by atoms with E-state index in [0.29, 0.717) is 5.69 Å². The van der Waals surface area contributed by atoms with Crippen molar-refractivity contribution in [3.8, 4) is 0 Å². The lowest BCUT2D eigenvalue weighted by atomic mass is 9.97. The van der Waals surface area contributed by atoms with E-state index in [1.807, 2.05) is 36.1 Å². The van der Waals surface area contributed by atoms with Crippen LogP contribution < -0.4 is 5.69 Å². The normalized spacial score (nSPS) is 17.3. The average molecular weight is 354 g/mol. The quantitative estimate of drug-likeness (QED) is 0.826. The zero-order chi connectivity index (χ0) is 18.5. The molecule has 6 nitrogen and oxygen atoms in total. The molecule has 0 N–H and O–H groups in total. The van der Waals surface area contributed by atoms with Crippen molar-refractivity contribution in [2.45, 2.75) is 58.5 Å². The monoisotopic (exact) mass is 354 g/mol. The smallest absolute Gasteiger partial charge is 0.338 e. The highest BCUT2D eigenvalue weighted by Crippen LogP contribution is 2.21. The van der Waals surface area contributed by atoms with Crippen LogP contribution in [-0.4, -0.2) is 37.9 Å². The highest BCUT2D eigenvalue weighted by Gasteiger charge is 2.27. The number of rotatable bonds is 5. The Morgan fingerprint density at radius 1 is 1.27 bits per heavy atom. The van der Waals surface area contributed by atoms with Gasteiger partial charge >= 0.3 is 5.69 Å². The second-order valence-electron chi connectivity index (χ2n) is 7.00. The summed E-state index contributed by atoms with van der Waals surface area (Å²) in [5.74, 6) is 0.00609. The zero-order valence-electron chi connectivity index (χ0n) is 15.5. The van der Waals surface area contributed by atoms with Crippen LogP contribution in [0, 0.1) is 13.8 Å². The van der Waals surface area contributed by atoms with Crippen LogP contribution in [0.25, 0.3) is 0 Å². The molecule has 1 amide bonds. The Kier molecular flexibility index (Phi) is 5.81. The Hall–Kier alpha value is -2.50. The van der Waals surface area contributed by atoms with Gasteiger partial charge < -0.3 is 4.90 Å². The number of aromatic nitrogens is 3. The topological polar surface area (TPSA) is 68.1 Å². The number of amides is 1. The van der Waals surface area contributed by atoms with Crippen LogP contribution in [0.4, 0.5) is 0 Å². The van der Waals surface area contributed by atoms with Crippen LogP contribution in [0.1, 0.15) is 42.8 Å². The van der Waals surface area contributed by atoms with Crippen molar-refractivity contribution >= 4 is 5.91 Å². The number of piperidine rings is 1. The van der Waals surface area contributed by atoms with Crippen LogP contribution in [0.5, 0.6) is 0 Å². The molecule has 3 heterocycles. The summed E-state index contributed by atoms with van der Waals surface area (Å²) in [7, 11) is 0. The van der Waals surface area contributed by atoms with Crippen LogP contribution in [0.3, 0.4) is 0 Å². The number of hydrogen-bond donors (Lipinski definition) is 0. The molecule has 2 aromatic rings. The van der Waals surface area contributed by atoms with Crippen molar-refractivity contribution in [2.24, 2.45) is 0 Å². The molecule has 0 aromatic carbocycles. The first-order chi connectivity index (χ1) is 12.5. The fourth-order valence-corrected chi connectivity index (χ4v) is 3.68. The molecule has 0 bridgehead atoms. The van der Waals surface area contributed by atoms with Gasteiger partial charge in [-0.25, -0.2) is 4.79 Å². The van der Waals surface area contributed by atoms with E-state index in [-0.39, 0.29) is 24.2 Å². The molecule has 1 aliphatic heterocycles. The van der Waals surface area contributed by atoms with Gasteiger partial charge in [-0.15, -0.1) is 0 Å². The SMILES string of the molecule is Cc1cc(C)n(CC(=O)N2CCCC[C@H]2CCc2ccccn2)c(=O)n1. The van der Waals surface area contributed by atoms with Gasteiger partial charge in [0.05, 0.1) is 0 Å². The Labute approximate surface area is 153 Å². The van der Waals surface area contributed by atoms with Gasteiger partial charge in [0.2, 0.25) is 5.91 Å².